The van der Waals surface area contributed by atoms with Gasteiger partial charge in [0.15, 0.2) is 0 Å². The van der Waals surface area contributed by atoms with E-state index in [9.17, 15) is 9.90 Å². The molecule has 3 nitrogen and oxygen atoms in total. The summed E-state index contributed by atoms with van der Waals surface area (Å²) in [5.41, 5.74) is 3.64. The van der Waals surface area contributed by atoms with Crippen LogP contribution in [0.3, 0.4) is 0 Å². The van der Waals surface area contributed by atoms with Crippen LogP contribution in [0.25, 0.3) is 0 Å². The summed E-state index contributed by atoms with van der Waals surface area (Å²) in [5.74, 6) is 0.352. The summed E-state index contributed by atoms with van der Waals surface area (Å²) in [7, 11) is 0. The van der Waals surface area contributed by atoms with Crippen molar-refractivity contribution in [3.8, 4) is 0 Å². The van der Waals surface area contributed by atoms with Crippen LogP contribution in [0, 0.1) is 39.4 Å². The second kappa shape index (κ2) is 5.86. The lowest BCUT2D eigenvalue weighted by Gasteiger charge is -2.66. The van der Waals surface area contributed by atoms with Gasteiger partial charge in [0.05, 0.1) is 12.5 Å². The molecule has 7 atom stereocenters. The van der Waals surface area contributed by atoms with Gasteiger partial charge in [-0.3, -0.25) is 4.79 Å². The zero-order valence-electron chi connectivity index (χ0n) is 18.3. The van der Waals surface area contributed by atoms with Crippen LogP contribution in [-0.2, 0) is 9.53 Å². The number of carboxylic acid groups (broad SMARTS) is 1. The number of allylic oxidation sites excluding steroid dienone is 1. The molecular weight excluding hydrogens is 348 g/mol. The molecule has 0 spiro atoms. The number of hydrogen-bond acceptors (Lipinski definition) is 2. The number of carboxylic acids is 1. The molecule has 156 valence electrons. The van der Waals surface area contributed by atoms with Crippen LogP contribution in [0.1, 0.15) is 85.5 Å². The van der Waals surface area contributed by atoms with Crippen molar-refractivity contribution in [2.75, 3.05) is 13.2 Å². The monoisotopic (exact) mass is 386 g/mol. The van der Waals surface area contributed by atoms with Gasteiger partial charge in [0.1, 0.15) is 0 Å². The molecule has 4 aliphatic carbocycles. The van der Waals surface area contributed by atoms with Crippen molar-refractivity contribution in [3.05, 3.63) is 11.1 Å². The highest BCUT2D eigenvalue weighted by Crippen LogP contribution is 2.75. The lowest BCUT2D eigenvalue weighted by atomic mass is 9.39. The molecule has 0 aromatic carbocycles. The summed E-state index contributed by atoms with van der Waals surface area (Å²) in [6, 6.07) is 0. The standard InChI is InChI=1S/C25H38O3/c1-16-6-11-23(4)19-12-20(21(26)27)25-9-5-8-24(25,15-28-14-17(25)2)18(19)7-10-22(23,3)13-16/h16-17,20H,5-15H2,1-4H3,(H,26,27). The number of fused-ring (bicyclic) bond motifs is 2. The second-order valence-electron chi connectivity index (χ2n) is 11.7. The van der Waals surface area contributed by atoms with Gasteiger partial charge in [-0.05, 0) is 74.0 Å². The van der Waals surface area contributed by atoms with Gasteiger partial charge in [-0.25, -0.2) is 0 Å². The number of rotatable bonds is 1. The largest absolute Gasteiger partial charge is 0.481 e. The minimum atomic E-state index is -0.549. The average Bonchev–Trinajstić information content (AvgIpc) is 3.04. The molecule has 0 aromatic rings. The van der Waals surface area contributed by atoms with Crippen LogP contribution in [0.5, 0.6) is 0 Å². The second-order valence-corrected chi connectivity index (χ2v) is 11.7. The highest BCUT2D eigenvalue weighted by molar-refractivity contribution is 5.73. The topological polar surface area (TPSA) is 46.5 Å². The summed E-state index contributed by atoms with van der Waals surface area (Å²) in [5, 5.41) is 10.4. The fourth-order valence-electron chi connectivity index (χ4n) is 9.29. The Balaban J connectivity index is 1.73. The molecule has 0 aromatic heterocycles. The smallest absolute Gasteiger partial charge is 0.307 e. The Bertz CT molecular complexity index is 740. The van der Waals surface area contributed by atoms with Gasteiger partial charge in [-0.15, -0.1) is 0 Å². The molecule has 3 heteroatoms. The van der Waals surface area contributed by atoms with E-state index in [-0.39, 0.29) is 22.2 Å². The minimum Gasteiger partial charge on any atom is -0.481 e. The molecular formula is C25H38O3. The van der Waals surface area contributed by atoms with E-state index in [0.29, 0.717) is 11.3 Å². The Morgan fingerprint density at radius 1 is 1.11 bits per heavy atom. The zero-order chi connectivity index (χ0) is 19.9. The summed E-state index contributed by atoms with van der Waals surface area (Å²) >= 11 is 0. The molecule has 0 bridgehead atoms. The molecule has 2 saturated carbocycles. The SMILES string of the molecule is CC1CCC2(C)C3=C(CCC2(C)C1)C12CCCC1(C(C)COC2)C(C(=O)O)C3. The van der Waals surface area contributed by atoms with Crippen molar-refractivity contribution in [1.29, 1.82) is 0 Å². The maximum absolute atomic E-state index is 12.7. The van der Waals surface area contributed by atoms with E-state index < -0.39 is 5.97 Å². The van der Waals surface area contributed by atoms with Crippen molar-refractivity contribution in [2.24, 2.45) is 39.4 Å². The maximum Gasteiger partial charge on any atom is 0.307 e. The predicted molar refractivity (Wildman–Crippen MR) is 110 cm³/mol. The zero-order valence-corrected chi connectivity index (χ0v) is 18.3. The van der Waals surface area contributed by atoms with Crippen LogP contribution in [0.15, 0.2) is 11.1 Å². The van der Waals surface area contributed by atoms with Crippen molar-refractivity contribution in [1.82, 2.24) is 0 Å². The lowest BCUT2D eigenvalue weighted by molar-refractivity contribution is -0.181. The first-order valence-electron chi connectivity index (χ1n) is 11.7. The maximum atomic E-state index is 12.7. The molecule has 5 aliphatic rings. The van der Waals surface area contributed by atoms with Crippen molar-refractivity contribution in [2.45, 2.75) is 85.5 Å². The van der Waals surface area contributed by atoms with E-state index in [0.717, 1.165) is 38.4 Å². The first-order valence-corrected chi connectivity index (χ1v) is 11.7. The Morgan fingerprint density at radius 2 is 1.89 bits per heavy atom. The highest BCUT2D eigenvalue weighted by atomic mass is 16.5. The van der Waals surface area contributed by atoms with E-state index in [1.807, 2.05) is 0 Å². The summed E-state index contributed by atoms with van der Waals surface area (Å²) in [4.78, 5) is 12.7. The highest BCUT2D eigenvalue weighted by Gasteiger charge is 2.70. The summed E-state index contributed by atoms with van der Waals surface area (Å²) < 4.78 is 6.21. The van der Waals surface area contributed by atoms with Gasteiger partial charge < -0.3 is 9.84 Å². The molecule has 1 saturated heterocycles. The van der Waals surface area contributed by atoms with Crippen LogP contribution < -0.4 is 0 Å². The molecule has 1 N–H and O–H groups in total. The molecule has 1 heterocycles. The van der Waals surface area contributed by atoms with Gasteiger partial charge in [-0.1, -0.05) is 45.3 Å². The normalized spacial score (nSPS) is 53.1. The van der Waals surface area contributed by atoms with Gasteiger partial charge in [0.25, 0.3) is 0 Å². The van der Waals surface area contributed by atoms with Crippen molar-refractivity contribution in [3.63, 3.8) is 0 Å². The Hall–Kier alpha value is -0.830. The van der Waals surface area contributed by atoms with E-state index in [1.165, 1.54) is 38.5 Å². The van der Waals surface area contributed by atoms with Gasteiger partial charge in [-0.2, -0.15) is 0 Å². The quantitative estimate of drug-likeness (QED) is 0.576. The number of carbonyl (C=O) groups is 1. The van der Waals surface area contributed by atoms with E-state index in [2.05, 4.69) is 27.7 Å². The summed E-state index contributed by atoms with van der Waals surface area (Å²) in [6.45, 7) is 11.2. The molecule has 7 unspecified atom stereocenters. The van der Waals surface area contributed by atoms with E-state index in [1.54, 1.807) is 11.1 Å². The molecule has 5 rings (SSSR count). The van der Waals surface area contributed by atoms with Crippen LogP contribution in [0.2, 0.25) is 0 Å². The minimum absolute atomic E-state index is 0.00525. The Morgan fingerprint density at radius 3 is 2.64 bits per heavy atom. The van der Waals surface area contributed by atoms with Gasteiger partial charge in [0.2, 0.25) is 0 Å². The fraction of sp³-hybridized carbons (Fsp3) is 0.880. The third-order valence-electron chi connectivity index (χ3n) is 10.8. The number of ether oxygens (including phenoxy) is 1. The molecule has 28 heavy (non-hydrogen) atoms. The Labute approximate surface area is 170 Å². The summed E-state index contributed by atoms with van der Waals surface area (Å²) in [6.07, 6.45) is 10.5. The predicted octanol–water partition coefficient (Wildman–Crippen LogP) is 5.84. The fourth-order valence-corrected chi connectivity index (χ4v) is 9.29. The van der Waals surface area contributed by atoms with Crippen LogP contribution >= 0.6 is 0 Å². The van der Waals surface area contributed by atoms with Gasteiger partial charge in [0, 0.05) is 17.4 Å². The molecule has 1 aliphatic heterocycles. The first-order chi connectivity index (χ1) is 13.2. The number of aliphatic carboxylic acids is 1. The van der Waals surface area contributed by atoms with Crippen molar-refractivity contribution >= 4 is 5.97 Å². The van der Waals surface area contributed by atoms with Gasteiger partial charge >= 0.3 is 5.97 Å². The first kappa shape index (κ1) is 19.2. The Kier molecular flexibility index (Phi) is 4.01. The third kappa shape index (κ3) is 2.03. The number of hydrogen-bond donors (Lipinski definition) is 1. The average molecular weight is 387 g/mol. The third-order valence-corrected chi connectivity index (χ3v) is 10.8. The van der Waals surface area contributed by atoms with E-state index in [4.69, 9.17) is 4.74 Å². The molecule has 3 fully saturated rings. The molecule has 0 radical (unpaired) electrons. The molecule has 0 amide bonds. The lowest BCUT2D eigenvalue weighted by Crippen LogP contribution is -2.62. The van der Waals surface area contributed by atoms with Crippen molar-refractivity contribution < 1.29 is 14.6 Å². The van der Waals surface area contributed by atoms with Crippen LogP contribution in [0.4, 0.5) is 0 Å². The van der Waals surface area contributed by atoms with Crippen LogP contribution in [-0.4, -0.2) is 24.3 Å². The van der Waals surface area contributed by atoms with E-state index >= 15 is 0 Å².